The summed E-state index contributed by atoms with van der Waals surface area (Å²) >= 11 is 0. The van der Waals surface area contributed by atoms with Crippen molar-refractivity contribution in [2.75, 3.05) is 7.11 Å². The van der Waals surface area contributed by atoms with Crippen molar-refractivity contribution in [2.24, 2.45) is 5.10 Å². The summed E-state index contributed by atoms with van der Waals surface area (Å²) in [4.78, 5) is 12.3. The zero-order valence-electron chi connectivity index (χ0n) is 17.5. The van der Waals surface area contributed by atoms with Crippen LogP contribution in [-0.4, -0.2) is 29.4 Å². The molecule has 0 saturated carbocycles. The van der Waals surface area contributed by atoms with E-state index in [2.05, 4.69) is 20.7 Å². The molecule has 0 atom stereocenters. The molecule has 0 aliphatic heterocycles. The average Bonchev–Trinajstić information content (AvgIpc) is 3.35. The van der Waals surface area contributed by atoms with Gasteiger partial charge in [-0.15, -0.1) is 0 Å². The Bertz CT molecular complexity index is 1180. The number of nitrogens with one attached hydrogen (secondary N) is 2. The third kappa shape index (κ3) is 5.40. The van der Waals surface area contributed by atoms with Gasteiger partial charge in [-0.05, 0) is 65.7 Å². The summed E-state index contributed by atoms with van der Waals surface area (Å²) in [5, 5.41) is 11.0. The molecule has 0 bridgehead atoms. The Labute approximate surface area is 185 Å². The molecule has 3 aromatic carbocycles. The normalized spacial score (nSPS) is 10.8. The van der Waals surface area contributed by atoms with E-state index in [1.54, 1.807) is 19.4 Å². The predicted molar refractivity (Wildman–Crippen MR) is 123 cm³/mol. The van der Waals surface area contributed by atoms with E-state index in [9.17, 15) is 4.79 Å². The molecule has 4 rings (SSSR count). The van der Waals surface area contributed by atoms with Gasteiger partial charge in [-0.2, -0.15) is 10.2 Å². The minimum atomic E-state index is -0.378. The fourth-order valence-electron chi connectivity index (χ4n) is 2.96. The van der Waals surface area contributed by atoms with Crippen LogP contribution in [0.4, 0.5) is 0 Å². The molecule has 0 aliphatic rings. The Morgan fingerprint density at radius 2 is 1.72 bits per heavy atom. The van der Waals surface area contributed by atoms with Crippen molar-refractivity contribution in [3.8, 4) is 22.8 Å². The zero-order chi connectivity index (χ0) is 22.2. The average molecular weight is 426 g/mol. The van der Waals surface area contributed by atoms with Crippen LogP contribution < -0.4 is 14.9 Å². The summed E-state index contributed by atoms with van der Waals surface area (Å²) in [5.41, 5.74) is 6.28. The van der Waals surface area contributed by atoms with Crippen molar-refractivity contribution in [2.45, 2.75) is 6.61 Å². The molecule has 7 nitrogen and oxygen atoms in total. The van der Waals surface area contributed by atoms with Crippen LogP contribution in [0.15, 0.2) is 90.0 Å². The van der Waals surface area contributed by atoms with Gasteiger partial charge in [-0.3, -0.25) is 9.89 Å². The van der Waals surface area contributed by atoms with Gasteiger partial charge in [0.2, 0.25) is 0 Å². The van der Waals surface area contributed by atoms with Gasteiger partial charge in [-0.1, -0.05) is 30.3 Å². The second kappa shape index (κ2) is 10.1. The fraction of sp³-hybridized carbons (Fsp3) is 0.0800. The summed E-state index contributed by atoms with van der Waals surface area (Å²) in [6.07, 6.45) is 1.56. The van der Waals surface area contributed by atoms with Crippen molar-refractivity contribution in [3.05, 3.63) is 102 Å². The first-order chi connectivity index (χ1) is 15.7. The van der Waals surface area contributed by atoms with Crippen LogP contribution in [0.1, 0.15) is 21.6 Å². The molecule has 160 valence electrons. The van der Waals surface area contributed by atoms with E-state index >= 15 is 0 Å². The lowest BCUT2D eigenvalue weighted by molar-refractivity contribution is 0.0950. The summed E-state index contributed by atoms with van der Waals surface area (Å²) in [5.74, 6) is 1.14. The molecule has 0 fully saturated rings. The Morgan fingerprint density at radius 1 is 1.00 bits per heavy atom. The van der Waals surface area contributed by atoms with Gasteiger partial charge in [0.25, 0.3) is 5.91 Å². The van der Waals surface area contributed by atoms with Crippen molar-refractivity contribution in [1.29, 1.82) is 0 Å². The summed E-state index contributed by atoms with van der Waals surface area (Å²) < 4.78 is 10.9. The van der Waals surface area contributed by atoms with Crippen LogP contribution in [0.3, 0.4) is 0 Å². The van der Waals surface area contributed by atoms with Gasteiger partial charge in [0.15, 0.2) is 0 Å². The van der Waals surface area contributed by atoms with E-state index in [0.29, 0.717) is 18.0 Å². The Hall–Kier alpha value is -4.39. The monoisotopic (exact) mass is 426 g/mol. The van der Waals surface area contributed by atoms with Gasteiger partial charge < -0.3 is 9.47 Å². The van der Waals surface area contributed by atoms with E-state index < -0.39 is 0 Å². The van der Waals surface area contributed by atoms with E-state index in [1.807, 2.05) is 78.9 Å². The van der Waals surface area contributed by atoms with Crippen LogP contribution in [0.5, 0.6) is 11.5 Å². The Balaban J connectivity index is 1.33. The molecule has 0 saturated heterocycles. The fourth-order valence-corrected chi connectivity index (χ4v) is 2.96. The number of nitrogens with zero attached hydrogens (tertiary/aromatic N) is 2. The number of hydrogen-bond acceptors (Lipinski definition) is 5. The van der Waals surface area contributed by atoms with Crippen LogP contribution >= 0.6 is 0 Å². The van der Waals surface area contributed by atoms with E-state index in [-0.39, 0.29) is 5.91 Å². The third-order valence-electron chi connectivity index (χ3n) is 4.72. The highest BCUT2D eigenvalue weighted by Gasteiger charge is 2.10. The smallest absolute Gasteiger partial charge is 0.289 e. The molecule has 7 heteroatoms. The highest BCUT2D eigenvalue weighted by atomic mass is 16.5. The lowest BCUT2D eigenvalue weighted by atomic mass is 10.1. The second-order valence-corrected chi connectivity index (χ2v) is 6.94. The number of methoxy groups -OCH3 is 1. The van der Waals surface area contributed by atoms with E-state index in [1.165, 1.54) is 0 Å². The molecular formula is C25H22N4O3. The highest BCUT2D eigenvalue weighted by Crippen LogP contribution is 2.22. The first-order valence-electron chi connectivity index (χ1n) is 10.0. The summed E-state index contributed by atoms with van der Waals surface area (Å²) in [7, 11) is 1.61. The molecule has 1 heterocycles. The quantitative estimate of drug-likeness (QED) is 0.322. The molecule has 1 aromatic heterocycles. The number of carbonyl (C=O) groups is 1. The lowest BCUT2D eigenvalue weighted by Crippen LogP contribution is -2.17. The number of rotatable bonds is 8. The largest absolute Gasteiger partial charge is 0.497 e. The lowest BCUT2D eigenvalue weighted by Gasteiger charge is -2.06. The van der Waals surface area contributed by atoms with Crippen LogP contribution in [0.25, 0.3) is 11.3 Å². The van der Waals surface area contributed by atoms with Crippen molar-refractivity contribution in [1.82, 2.24) is 15.6 Å². The van der Waals surface area contributed by atoms with E-state index in [4.69, 9.17) is 9.47 Å². The number of aromatic nitrogens is 2. The van der Waals surface area contributed by atoms with Gasteiger partial charge in [0.05, 0.1) is 19.0 Å². The van der Waals surface area contributed by atoms with E-state index in [0.717, 1.165) is 28.2 Å². The first-order valence-corrected chi connectivity index (χ1v) is 10.0. The Morgan fingerprint density at radius 3 is 2.44 bits per heavy atom. The molecule has 0 aliphatic carbocycles. The molecule has 0 unspecified atom stereocenters. The standard InChI is InChI=1S/C25H22N4O3/c1-31-21-11-7-18(8-12-21)16-26-29-25(30)24-15-23(27-28-24)20-9-13-22(14-10-20)32-17-19-5-3-2-4-6-19/h2-16H,17H2,1H3,(H,27,28)(H,29,30)/b26-16-. The number of aromatic amines is 1. The summed E-state index contributed by atoms with van der Waals surface area (Å²) in [6, 6.07) is 26.6. The number of ether oxygens (including phenoxy) is 2. The SMILES string of the molecule is COc1ccc(/C=N\NC(=O)c2cc(-c3ccc(OCc4ccccc4)cc3)n[nH]2)cc1. The first kappa shape index (κ1) is 20.9. The number of carbonyl (C=O) groups excluding carboxylic acids is 1. The Kier molecular flexibility index (Phi) is 6.57. The maximum absolute atomic E-state index is 12.3. The zero-order valence-corrected chi connectivity index (χ0v) is 17.5. The number of hydrogen-bond donors (Lipinski definition) is 2. The van der Waals surface area contributed by atoms with Gasteiger partial charge in [-0.25, -0.2) is 5.43 Å². The third-order valence-corrected chi connectivity index (χ3v) is 4.72. The molecular weight excluding hydrogens is 404 g/mol. The minimum Gasteiger partial charge on any atom is -0.497 e. The van der Waals surface area contributed by atoms with Gasteiger partial charge >= 0.3 is 0 Å². The van der Waals surface area contributed by atoms with Crippen LogP contribution in [0.2, 0.25) is 0 Å². The molecule has 0 radical (unpaired) electrons. The predicted octanol–water partition coefficient (Wildman–Crippen LogP) is 4.43. The van der Waals surface area contributed by atoms with Crippen molar-refractivity contribution < 1.29 is 14.3 Å². The van der Waals surface area contributed by atoms with Crippen LogP contribution in [0, 0.1) is 0 Å². The number of H-pyrrole nitrogens is 1. The van der Waals surface area contributed by atoms with Gasteiger partial charge in [0.1, 0.15) is 23.8 Å². The maximum atomic E-state index is 12.3. The molecule has 4 aromatic rings. The summed E-state index contributed by atoms with van der Waals surface area (Å²) in [6.45, 7) is 0.504. The number of amides is 1. The molecule has 0 spiro atoms. The highest BCUT2D eigenvalue weighted by molar-refractivity contribution is 5.94. The topological polar surface area (TPSA) is 88.6 Å². The minimum absolute atomic E-state index is 0.316. The maximum Gasteiger partial charge on any atom is 0.289 e. The van der Waals surface area contributed by atoms with Crippen LogP contribution in [-0.2, 0) is 6.61 Å². The molecule has 32 heavy (non-hydrogen) atoms. The van der Waals surface area contributed by atoms with Gasteiger partial charge in [0, 0.05) is 5.56 Å². The van der Waals surface area contributed by atoms with Crippen molar-refractivity contribution in [3.63, 3.8) is 0 Å². The number of benzene rings is 3. The molecule has 1 amide bonds. The van der Waals surface area contributed by atoms with Crippen molar-refractivity contribution >= 4 is 12.1 Å². The number of hydrazone groups is 1. The molecule has 2 N–H and O–H groups in total. The second-order valence-electron chi connectivity index (χ2n) is 6.94.